The minimum Gasteiger partial charge on any atom is -0.493 e. The monoisotopic (exact) mass is 522 g/mol. The molecule has 1 N–H and O–H groups in total. The summed E-state index contributed by atoms with van der Waals surface area (Å²) in [6.45, 7) is 5.23. The van der Waals surface area contributed by atoms with E-state index in [0.29, 0.717) is 39.6 Å². The van der Waals surface area contributed by atoms with Crippen molar-refractivity contribution < 1.29 is 27.4 Å². The first-order valence-electron chi connectivity index (χ1n) is 10.6. The zero-order valence-corrected chi connectivity index (χ0v) is 20.7. The smallest absolute Gasteiger partial charge is 0.433 e. The van der Waals surface area contributed by atoms with Gasteiger partial charge < -0.3 is 14.8 Å². The molecule has 1 aromatic carbocycles. The Kier molecular flexibility index (Phi) is 6.56. The van der Waals surface area contributed by atoms with Crippen molar-refractivity contribution in [1.82, 2.24) is 24.4 Å². The largest absolute Gasteiger partial charge is 0.493 e. The van der Waals surface area contributed by atoms with Gasteiger partial charge in [0.05, 0.1) is 37.8 Å². The Bertz CT molecular complexity index is 1480. The van der Waals surface area contributed by atoms with Crippen LogP contribution in [0.15, 0.2) is 24.3 Å². The topological polar surface area (TPSA) is 95.6 Å². The van der Waals surface area contributed by atoms with Crippen molar-refractivity contribution in [3.05, 3.63) is 63.3 Å². The second kappa shape index (κ2) is 9.34. The fourth-order valence-electron chi connectivity index (χ4n) is 3.82. The van der Waals surface area contributed by atoms with E-state index in [-0.39, 0.29) is 22.1 Å². The molecule has 0 saturated heterocycles. The lowest BCUT2D eigenvalue weighted by Crippen LogP contribution is -2.16. The normalized spacial score (nSPS) is 11.7. The van der Waals surface area contributed by atoms with Gasteiger partial charge in [-0.05, 0) is 44.5 Å². The summed E-state index contributed by atoms with van der Waals surface area (Å²) in [5.41, 5.74) is 0.771. The molecule has 0 bridgehead atoms. The number of hydrogen-bond donors (Lipinski definition) is 1. The van der Waals surface area contributed by atoms with Gasteiger partial charge in [0.15, 0.2) is 22.8 Å². The first-order chi connectivity index (χ1) is 16.9. The zero-order valence-electron chi connectivity index (χ0n) is 20.0. The number of rotatable bonds is 6. The van der Waals surface area contributed by atoms with Crippen LogP contribution in [0.5, 0.6) is 11.5 Å². The van der Waals surface area contributed by atoms with Crippen LogP contribution in [0.2, 0.25) is 5.02 Å². The molecule has 0 atom stereocenters. The maximum Gasteiger partial charge on any atom is 0.433 e. The molecule has 0 aliphatic heterocycles. The number of nitrogens with one attached hydrogen (secondary N) is 1. The van der Waals surface area contributed by atoms with Gasteiger partial charge in [-0.15, -0.1) is 0 Å². The van der Waals surface area contributed by atoms with E-state index in [2.05, 4.69) is 20.5 Å². The van der Waals surface area contributed by atoms with Crippen molar-refractivity contribution in [2.45, 2.75) is 33.5 Å². The Balaban J connectivity index is 1.65. The van der Waals surface area contributed by atoms with Crippen LogP contribution in [0.3, 0.4) is 0 Å². The van der Waals surface area contributed by atoms with Gasteiger partial charge in [-0.1, -0.05) is 17.7 Å². The summed E-state index contributed by atoms with van der Waals surface area (Å²) in [7, 11) is 3.08. The third-order valence-electron chi connectivity index (χ3n) is 5.57. The number of carbonyl (C=O) groups is 1. The minimum atomic E-state index is -4.71. The Morgan fingerprint density at radius 2 is 1.78 bits per heavy atom. The van der Waals surface area contributed by atoms with Crippen LogP contribution < -0.4 is 14.8 Å². The molecule has 3 aromatic heterocycles. The fraction of sp³-hybridized carbons (Fsp3) is 0.304. The van der Waals surface area contributed by atoms with Crippen molar-refractivity contribution in [3.63, 3.8) is 0 Å². The highest BCUT2D eigenvalue weighted by Gasteiger charge is 2.36. The first-order valence-corrected chi connectivity index (χ1v) is 11.0. The van der Waals surface area contributed by atoms with Gasteiger partial charge in [-0.25, -0.2) is 9.50 Å². The lowest BCUT2D eigenvalue weighted by Gasteiger charge is -2.11. The summed E-state index contributed by atoms with van der Waals surface area (Å²) in [5, 5.41) is 10.7. The van der Waals surface area contributed by atoms with Crippen molar-refractivity contribution in [2.75, 3.05) is 19.5 Å². The van der Waals surface area contributed by atoms with Crippen LogP contribution in [-0.2, 0) is 12.7 Å². The Labute approximate surface area is 208 Å². The van der Waals surface area contributed by atoms with E-state index in [1.807, 2.05) is 12.1 Å². The number of benzene rings is 1. The predicted octanol–water partition coefficient (Wildman–Crippen LogP) is 4.84. The van der Waals surface area contributed by atoms with Gasteiger partial charge in [-0.2, -0.15) is 23.4 Å². The standard InChI is InChI=1S/C23H22ClF3N6O3/c1-11-8-17(23(25,26)27)33-21(28-11)18(24)20(31-33)22(34)29-19-12(2)30-32(13(19)3)10-14-6-7-15(35-4)16(9-14)36-5/h6-9H,10H2,1-5H3,(H,29,34). The van der Waals surface area contributed by atoms with Crippen LogP contribution in [0.1, 0.15) is 38.8 Å². The predicted molar refractivity (Wildman–Crippen MR) is 126 cm³/mol. The molecule has 190 valence electrons. The SMILES string of the molecule is COc1ccc(Cn2nc(C)c(NC(=O)c3nn4c(C(F)(F)F)cc(C)nc4c3Cl)c2C)cc1OC. The zero-order chi connectivity index (χ0) is 26.4. The van der Waals surface area contributed by atoms with Crippen molar-refractivity contribution in [1.29, 1.82) is 0 Å². The maximum atomic E-state index is 13.5. The molecule has 3 heterocycles. The van der Waals surface area contributed by atoms with Gasteiger partial charge in [0.25, 0.3) is 5.91 Å². The first kappa shape index (κ1) is 25.3. The van der Waals surface area contributed by atoms with Crippen LogP contribution in [0, 0.1) is 20.8 Å². The van der Waals surface area contributed by atoms with Gasteiger partial charge in [0.2, 0.25) is 0 Å². The van der Waals surface area contributed by atoms with Crippen molar-refractivity contribution in [3.8, 4) is 11.5 Å². The second-order valence-electron chi connectivity index (χ2n) is 8.03. The number of ether oxygens (including phenoxy) is 2. The minimum absolute atomic E-state index is 0.0895. The Hall–Kier alpha value is -3.80. The molecular weight excluding hydrogens is 501 g/mol. The van der Waals surface area contributed by atoms with E-state index in [9.17, 15) is 18.0 Å². The Morgan fingerprint density at radius 1 is 1.08 bits per heavy atom. The number of alkyl halides is 3. The molecule has 0 saturated carbocycles. The fourth-order valence-corrected chi connectivity index (χ4v) is 4.06. The molecule has 4 aromatic rings. The number of methoxy groups -OCH3 is 2. The van der Waals surface area contributed by atoms with E-state index < -0.39 is 17.8 Å². The average molecular weight is 523 g/mol. The third-order valence-corrected chi connectivity index (χ3v) is 5.91. The number of aromatic nitrogens is 5. The summed E-state index contributed by atoms with van der Waals surface area (Å²) < 4.78 is 53.3. The number of amides is 1. The number of hydrogen-bond acceptors (Lipinski definition) is 6. The van der Waals surface area contributed by atoms with Gasteiger partial charge >= 0.3 is 6.18 Å². The summed E-state index contributed by atoms with van der Waals surface area (Å²) in [5.74, 6) is 0.368. The number of halogens is 4. The van der Waals surface area contributed by atoms with Crippen LogP contribution in [0.25, 0.3) is 5.65 Å². The molecule has 4 rings (SSSR count). The van der Waals surface area contributed by atoms with E-state index in [1.165, 1.54) is 14.0 Å². The van der Waals surface area contributed by atoms with Gasteiger partial charge in [0.1, 0.15) is 10.7 Å². The Morgan fingerprint density at radius 3 is 2.42 bits per heavy atom. The molecule has 0 unspecified atom stereocenters. The molecule has 0 aliphatic carbocycles. The summed E-state index contributed by atoms with van der Waals surface area (Å²) in [6, 6.07) is 6.29. The van der Waals surface area contributed by atoms with Gasteiger partial charge in [0, 0.05) is 5.69 Å². The van der Waals surface area contributed by atoms with Crippen LogP contribution in [0.4, 0.5) is 18.9 Å². The molecule has 1 amide bonds. The number of carbonyl (C=O) groups excluding carboxylic acids is 1. The molecule has 0 radical (unpaired) electrons. The van der Waals surface area contributed by atoms with E-state index >= 15 is 0 Å². The van der Waals surface area contributed by atoms with Crippen molar-refractivity contribution >= 4 is 28.8 Å². The number of nitrogens with zero attached hydrogens (tertiary/aromatic N) is 5. The van der Waals surface area contributed by atoms with Gasteiger partial charge in [-0.3, -0.25) is 9.48 Å². The average Bonchev–Trinajstić information content (AvgIpc) is 3.28. The molecule has 0 fully saturated rings. The number of anilines is 1. The molecular formula is C23H22ClF3N6O3. The van der Waals surface area contributed by atoms with E-state index in [0.717, 1.165) is 11.6 Å². The third kappa shape index (κ3) is 4.55. The summed E-state index contributed by atoms with van der Waals surface area (Å²) >= 11 is 6.24. The number of fused-ring (bicyclic) bond motifs is 1. The second-order valence-corrected chi connectivity index (χ2v) is 8.40. The molecule has 0 spiro atoms. The maximum absolute atomic E-state index is 13.5. The quantitative estimate of drug-likeness (QED) is 0.389. The lowest BCUT2D eigenvalue weighted by atomic mass is 10.2. The highest BCUT2D eigenvalue weighted by atomic mass is 35.5. The molecule has 13 heteroatoms. The molecule has 36 heavy (non-hydrogen) atoms. The highest BCUT2D eigenvalue weighted by Crippen LogP contribution is 2.33. The molecule has 0 aliphatic rings. The summed E-state index contributed by atoms with van der Waals surface area (Å²) in [6.07, 6.45) is -4.71. The van der Waals surface area contributed by atoms with E-state index in [1.54, 1.807) is 31.7 Å². The molecule has 9 nitrogen and oxygen atoms in total. The van der Waals surface area contributed by atoms with Crippen LogP contribution in [-0.4, -0.2) is 44.5 Å². The van der Waals surface area contributed by atoms with Crippen LogP contribution >= 0.6 is 11.6 Å². The lowest BCUT2D eigenvalue weighted by molar-refractivity contribution is -0.142. The van der Waals surface area contributed by atoms with Crippen molar-refractivity contribution in [2.24, 2.45) is 0 Å². The summed E-state index contributed by atoms with van der Waals surface area (Å²) in [4.78, 5) is 17.1. The number of aryl methyl sites for hydroxylation is 2. The highest BCUT2D eigenvalue weighted by molar-refractivity contribution is 6.37. The van der Waals surface area contributed by atoms with E-state index in [4.69, 9.17) is 21.1 Å².